The molecule has 32 heavy (non-hydrogen) atoms. The Bertz CT molecular complexity index is 1430. The summed E-state index contributed by atoms with van der Waals surface area (Å²) in [6.07, 6.45) is 10.1. The van der Waals surface area contributed by atoms with Crippen molar-refractivity contribution in [1.29, 1.82) is 0 Å². The highest BCUT2D eigenvalue weighted by Crippen LogP contribution is 2.28. The monoisotopic (exact) mass is 420 g/mol. The summed E-state index contributed by atoms with van der Waals surface area (Å²) in [5.41, 5.74) is 6.65. The first kappa shape index (κ1) is 18.3. The molecule has 0 atom stereocenters. The van der Waals surface area contributed by atoms with Gasteiger partial charge in [-0.05, 0) is 42.8 Å². The maximum atomic E-state index is 4.83. The fourth-order valence-electron chi connectivity index (χ4n) is 3.92. The van der Waals surface area contributed by atoms with Gasteiger partial charge in [0, 0.05) is 35.9 Å². The summed E-state index contributed by atoms with van der Waals surface area (Å²) in [5.74, 6) is 3.22. The minimum Gasteiger partial charge on any atom is -0.345 e. The minimum absolute atomic E-state index is 0.781. The van der Waals surface area contributed by atoms with Crippen LogP contribution in [-0.2, 0) is 0 Å². The SMILES string of the molecule is CCC=C(c1nc2ccc(-c3ncc[nH]3)cc2[nH]1)c1nc2ccc(-c3ncc[nH]3)cc2[nH]1. The molecule has 0 saturated carbocycles. The van der Waals surface area contributed by atoms with E-state index in [0.29, 0.717) is 0 Å². The summed E-state index contributed by atoms with van der Waals surface area (Å²) in [6.45, 7) is 2.11. The van der Waals surface area contributed by atoms with Crippen LogP contribution < -0.4 is 0 Å². The molecule has 0 amide bonds. The number of aromatic nitrogens is 8. The van der Waals surface area contributed by atoms with Gasteiger partial charge in [-0.15, -0.1) is 0 Å². The second-order valence-electron chi connectivity index (χ2n) is 7.54. The van der Waals surface area contributed by atoms with E-state index in [1.807, 2.05) is 36.7 Å². The molecular formula is C24H20N8. The molecule has 8 heteroatoms. The quantitative estimate of drug-likeness (QED) is 0.312. The van der Waals surface area contributed by atoms with Crippen molar-refractivity contribution in [3.8, 4) is 22.8 Å². The van der Waals surface area contributed by atoms with E-state index >= 15 is 0 Å². The van der Waals surface area contributed by atoms with Crippen LogP contribution in [0.3, 0.4) is 0 Å². The molecule has 4 aromatic heterocycles. The van der Waals surface area contributed by atoms with Crippen LogP contribution in [0.5, 0.6) is 0 Å². The van der Waals surface area contributed by atoms with E-state index in [0.717, 1.165) is 68.5 Å². The lowest BCUT2D eigenvalue weighted by atomic mass is 10.2. The van der Waals surface area contributed by atoms with Crippen molar-refractivity contribution in [2.45, 2.75) is 13.3 Å². The van der Waals surface area contributed by atoms with Gasteiger partial charge in [0.25, 0.3) is 0 Å². The van der Waals surface area contributed by atoms with Crippen molar-refractivity contribution in [3.63, 3.8) is 0 Å². The lowest BCUT2D eigenvalue weighted by Gasteiger charge is -2.00. The van der Waals surface area contributed by atoms with Gasteiger partial charge < -0.3 is 19.9 Å². The zero-order valence-corrected chi connectivity index (χ0v) is 17.3. The predicted octanol–water partition coefficient (Wildman–Crippen LogP) is 5.06. The Balaban J connectivity index is 1.42. The third kappa shape index (κ3) is 3.09. The summed E-state index contributed by atoms with van der Waals surface area (Å²) in [7, 11) is 0. The Morgan fingerprint density at radius 3 is 1.75 bits per heavy atom. The molecule has 8 nitrogen and oxygen atoms in total. The number of hydrogen-bond donors (Lipinski definition) is 4. The number of rotatable bonds is 5. The van der Waals surface area contributed by atoms with Gasteiger partial charge in [0.2, 0.25) is 0 Å². The first-order chi connectivity index (χ1) is 15.8. The topological polar surface area (TPSA) is 115 Å². The van der Waals surface area contributed by atoms with Crippen molar-refractivity contribution in [1.82, 2.24) is 39.9 Å². The second kappa shape index (κ2) is 7.35. The van der Waals surface area contributed by atoms with Crippen molar-refractivity contribution < 1.29 is 0 Å². The van der Waals surface area contributed by atoms with E-state index in [-0.39, 0.29) is 0 Å². The number of aromatic amines is 4. The number of benzene rings is 2. The number of nitrogens with zero attached hydrogens (tertiary/aromatic N) is 4. The third-order valence-electron chi connectivity index (χ3n) is 5.43. The molecule has 4 heterocycles. The van der Waals surface area contributed by atoms with Gasteiger partial charge in [-0.3, -0.25) is 0 Å². The fraction of sp³-hybridized carbons (Fsp3) is 0.0833. The second-order valence-corrected chi connectivity index (χ2v) is 7.54. The molecule has 0 aliphatic rings. The Kier molecular flexibility index (Phi) is 4.21. The van der Waals surface area contributed by atoms with Gasteiger partial charge in [-0.25, -0.2) is 19.9 Å². The number of H-pyrrole nitrogens is 4. The molecule has 0 unspecified atom stereocenters. The van der Waals surface area contributed by atoms with Crippen LogP contribution >= 0.6 is 0 Å². The lowest BCUT2D eigenvalue weighted by molar-refractivity contribution is 1.16. The zero-order valence-electron chi connectivity index (χ0n) is 17.3. The molecule has 0 saturated heterocycles. The summed E-state index contributed by atoms with van der Waals surface area (Å²) in [4.78, 5) is 31.6. The molecule has 0 bridgehead atoms. The van der Waals surface area contributed by atoms with E-state index in [1.165, 1.54) is 0 Å². The number of allylic oxidation sites excluding steroid dienone is 1. The van der Waals surface area contributed by atoms with E-state index in [4.69, 9.17) is 9.97 Å². The van der Waals surface area contributed by atoms with Crippen molar-refractivity contribution in [2.24, 2.45) is 0 Å². The molecular weight excluding hydrogens is 400 g/mol. The molecule has 0 aliphatic carbocycles. The normalized spacial score (nSPS) is 11.4. The first-order valence-electron chi connectivity index (χ1n) is 10.5. The molecule has 0 radical (unpaired) electrons. The van der Waals surface area contributed by atoms with E-state index in [2.05, 4.69) is 55.0 Å². The largest absolute Gasteiger partial charge is 0.345 e. The first-order valence-corrected chi connectivity index (χ1v) is 10.5. The maximum absolute atomic E-state index is 4.83. The molecule has 4 N–H and O–H groups in total. The average Bonchev–Trinajstić information content (AvgIpc) is 3.62. The standard InChI is InChI=1S/C24H20N8/c1-2-3-16(23-29-17-6-4-14(12-19(17)31-23)21-25-8-9-26-21)24-30-18-7-5-15(13-20(18)32-24)22-27-10-11-28-22/h3-13H,2H2,1H3,(H,25,26)(H,27,28)(H,29,31)(H,30,32). The lowest BCUT2D eigenvalue weighted by Crippen LogP contribution is -1.93. The maximum Gasteiger partial charge on any atom is 0.141 e. The molecule has 156 valence electrons. The van der Waals surface area contributed by atoms with Crippen LogP contribution in [0.1, 0.15) is 25.0 Å². The summed E-state index contributed by atoms with van der Waals surface area (Å²) >= 11 is 0. The number of hydrogen-bond acceptors (Lipinski definition) is 4. The van der Waals surface area contributed by atoms with Crippen molar-refractivity contribution in [2.75, 3.05) is 0 Å². The zero-order chi connectivity index (χ0) is 21.5. The fourth-order valence-corrected chi connectivity index (χ4v) is 3.92. The highest BCUT2D eigenvalue weighted by molar-refractivity contribution is 5.88. The Labute approximate surface area is 182 Å². The molecule has 6 rings (SSSR count). The third-order valence-corrected chi connectivity index (χ3v) is 5.43. The Morgan fingerprint density at radius 1 is 0.781 bits per heavy atom. The number of fused-ring (bicyclic) bond motifs is 2. The summed E-state index contributed by atoms with van der Waals surface area (Å²) < 4.78 is 0. The van der Waals surface area contributed by atoms with E-state index < -0.39 is 0 Å². The average molecular weight is 420 g/mol. The summed E-state index contributed by atoms with van der Waals surface area (Å²) in [5, 5.41) is 0. The van der Waals surface area contributed by atoms with Crippen LogP contribution in [0.4, 0.5) is 0 Å². The van der Waals surface area contributed by atoms with Crippen LogP contribution in [0.25, 0.3) is 50.4 Å². The molecule has 6 aromatic rings. The van der Waals surface area contributed by atoms with Crippen LogP contribution in [0.2, 0.25) is 0 Å². The molecule has 0 aliphatic heterocycles. The van der Waals surface area contributed by atoms with Gasteiger partial charge >= 0.3 is 0 Å². The van der Waals surface area contributed by atoms with Gasteiger partial charge in [-0.1, -0.05) is 13.0 Å². The predicted molar refractivity (Wildman–Crippen MR) is 125 cm³/mol. The van der Waals surface area contributed by atoms with E-state index in [9.17, 15) is 0 Å². The van der Waals surface area contributed by atoms with Crippen LogP contribution in [0.15, 0.2) is 67.3 Å². The number of imidazole rings is 4. The highest BCUT2D eigenvalue weighted by atomic mass is 15.0. The van der Waals surface area contributed by atoms with Gasteiger partial charge in [0.1, 0.15) is 23.3 Å². The van der Waals surface area contributed by atoms with Crippen LogP contribution in [0, 0.1) is 0 Å². The Morgan fingerprint density at radius 2 is 1.31 bits per heavy atom. The van der Waals surface area contributed by atoms with Gasteiger partial charge in [0.15, 0.2) is 0 Å². The summed E-state index contributed by atoms with van der Waals surface area (Å²) in [6, 6.07) is 12.2. The van der Waals surface area contributed by atoms with Gasteiger partial charge in [-0.2, -0.15) is 0 Å². The Hall–Kier alpha value is -4.46. The number of nitrogens with one attached hydrogen (secondary N) is 4. The van der Waals surface area contributed by atoms with E-state index in [1.54, 1.807) is 12.4 Å². The van der Waals surface area contributed by atoms with Crippen molar-refractivity contribution in [3.05, 3.63) is 78.9 Å². The highest BCUT2D eigenvalue weighted by Gasteiger charge is 2.15. The van der Waals surface area contributed by atoms with Gasteiger partial charge in [0.05, 0.1) is 27.6 Å². The van der Waals surface area contributed by atoms with Crippen molar-refractivity contribution >= 4 is 27.6 Å². The molecule has 2 aromatic carbocycles. The molecule has 0 spiro atoms. The molecule has 0 fully saturated rings. The smallest absolute Gasteiger partial charge is 0.141 e. The van der Waals surface area contributed by atoms with Crippen LogP contribution in [-0.4, -0.2) is 39.9 Å². The minimum atomic E-state index is 0.781.